The standard InChI is InChI=1S/C23H27F3N4O2/c1-13(16-9-7-10-17(19(16)24)20(25)26)27-21-18-12-15(8-5-3-4-6-11-31)23(32)30-22(18)29-14(2)28-21/h7,9-10,12-13,20,31H,3-6,8,11H2,1-2H3,(H2,27,28,29,30,32)/t13-/m1/s1. The van der Waals surface area contributed by atoms with Crippen LogP contribution >= 0.6 is 0 Å². The molecule has 0 aliphatic rings. The molecule has 0 aliphatic heterocycles. The summed E-state index contributed by atoms with van der Waals surface area (Å²) >= 11 is 0. The highest BCUT2D eigenvalue weighted by molar-refractivity contribution is 5.87. The number of aromatic nitrogens is 3. The van der Waals surface area contributed by atoms with E-state index >= 15 is 0 Å². The molecule has 0 aliphatic carbocycles. The summed E-state index contributed by atoms with van der Waals surface area (Å²) in [5, 5.41) is 12.5. The highest BCUT2D eigenvalue weighted by Crippen LogP contribution is 2.30. The number of nitrogens with one attached hydrogen (secondary N) is 2. The molecule has 0 fully saturated rings. The van der Waals surface area contributed by atoms with E-state index in [0.29, 0.717) is 34.7 Å². The van der Waals surface area contributed by atoms with Crippen molar-refractivity contribution < 1.29 is 18.3 Å². The summed E-state index contributed by atoms with van der Waals surface area (Å²) in [6.07, 6.45) is 0.962. The molecule has 1 atom stereocenters. The molecule has 0 bridgehead atoms. The summed E-state index contributed by atoms with van der Waals surface area (Å²) in [5.74, 6) is -0.157. The number of halogens is 3. The number of benzene rings is 1. The van der Waals surface area contributed by atoms with Gasteiger partial charge in [-0.15, -0.1) is 0 Å². The zero-order chi connectivity index (χ0) is 23.3. The van der Waals surface area contributed by atoms with Crippen molar-refractivity contribution in [3.05, 3.63) is 63.0 Å². The van der Waals surface area contributed by atoms with Crippen LogP contribution in [-0.2, 0) is 6.42 Å². The van der Waals surface area contributed by atoms with Crippen LogP contribution in [0.4, 0.5) is 19.0 Å². The van der Waals surface area contributed by atoms with Crippen molar-refractivity contribution in [1.82, 2.24) is 15.0 Å². The first-order chi connectivity index (χ1) is 15.3. The van der Waals surface area contributed by atoms with Crippen LogP contribution in [0.5, 0.6) is 0 Å². The lowest BCUT2D eigenvalue weighted by molar-refractivity contribution is 0.146. The van der Waals surface area contributed by atoms with Crippen molar-refractivity contribution in [3.8, 4) is 0 Å². The van der Waals surface area contributed by atoms with E-state index in [1.54, 1.807) is 19.9 Å². The molecular formula is C23H27F3N4O2. The molecular weight excluding hydrogens is 421 g/mol. The number of anilines is 1. The first-order valence-electron chi connectivity index (χ1n) is 10.7. The monoisotopic (exact) mass is 448 g/mol. The van der Waals surface area contributed by atoms with E-state index in [2.05, 4.69) is 20.3 Å². The second kappa shape index (κ2) is 10.6. The number of aliphatic hydroxyl groups is 1. The SMILES string of the molecule is Cc1nc(N[C@H](C)c2cccc(C(F)F)c2F)c2cc(CCCCCCO)c(=O)[nH]c2n1. The van der Waals surface area contributed by atoms with Crippen LogP contribution in [0.1, 0.15) is 67.6 Å². The fourth-order valence-corrected chi connectivity index (χ4v) is 3.67. The second-order valence-electron chi connectivity index (χ2n) is 7.81. The van der Waals surface area contributed by atoms with Crippen LogP contribution in [0, 0.1) is 12.7 Å². The largest absolute Gasteiger partial charge is 0.396 e. The van der Waals surface area contributed by atoms with E-state index in [1.165, 1.54) is 12.1 Å². The maximum absolute atomic E-state index is 14.6. The molecule has 2 heterocycles. The van der Waals surface area contributed by atoms with Crippen LogP contribution in [0.25, 0.3) is 11.0 Å². The molecule has 0 unspecified atom stereocenters. The average molecular weight is 448 g/mol. The highest BCUT2D eigenvalue weighted by Gasteiger charge is 2.20. The molecule has 32 heavy (non-hydrogen) atoms. The smallest absolute Gasteiger partial charge is 0.266 e. The number of pyridine rings is 1. The lowest BCUT2D eigenvalue weighted by Crippen LogP contribution is -2.16. The van der Waals surface area contributed by atoms with E-state index in [4.69, 9.17) is 5.11 Å². The number of hydrogen-bond donors (Lipinski definition) is 3. The van der Waals surface area contributed by atoms with Gasteiger partial charge in [0.2, 0.25) is 0 Å². The summed E-state index contributed by atoms with van der Waals surface area (Å²) < 4.78 is 40.8. The van der Waals surface area contributed by atoms with Gasteiger partial charge in [0.1, 0.15) is 23.1 Å². The van der Waals surface area contributed by atoms with Crippen LogP contribution in [0.3, 0.4) is 0 Å². The zero-order valence-electron chi connectivity index (χ0n) is 18.1. The number of nitrogens with zero attached hydrogens (tertiary/aromatic N) is 2. The Morgan fingerprint density at radius 2 is 1.84 bits per heavy atom. The van der Waals surface area contributed by atoms with Crippen LogP contribution in [-0.4, -0.2) is 26.7 Å². The van der Waals surface area contributed by atoms with Gasteiger partial charge in [0, 0.05) is 17.7 Å². The van der Waals surface area contributed by atoms with Gasteiger partial charge in [-0.2, -0.15) is 0 Å². The van der Waals surface area contributed by atoms with Gasteiger partial charge in [0.15, 0.2) is 0 Å². The first-order valence-corrected chi connectivity index (χ1v) is 10.7. The minimum atomic E-state index is -2.91. The van der Waals surface area contributed by atoms with Gasteiger partial charge in [0.05, 0.1) is 17.0 Å². The van der Waals surface area contributed by atoms with Crippen LogP contribution < -0.4 is 10.9 Å². The Kier molecular flexibility index (Phi) is 7.84. The Morgan fingerprint density at radius 3 is 2.56 bits per heavy atom. The van der Waals surface area contributed by atoms with Gasteiger partial charge in [-0.3, -0.25) is 4.79 Å². The number of alkyl halides is 2. The molecule has 3 aromatic rings. The molecule has 0 amide bonds. The Hall–Kier alpha value is -2.94. The molecule has 172 valence electrons. The van der Waals surface area contributed by atoms with Crippen LogP contribution in [0.2, 0.25) is 0 Å². The topological polar surface area (TPSA) is 90.9 Å². The van der Waals surface area contributed by atoms with Crippen molar-refractivity contribution in [2.75, 3.05) is 11.9 Å². The van der Waals surface area contributed by atoms with E-state index in [1.807, 2.05) is 0 Å². The highest BCUT2D eigenvalue weighted by atomic mass is 19.3. The number of aryl methyl sites for hydroxylation is 2. The lowest BCUT2D eigenvalue weighted by Gasteiger charge is -2.18. The van der Waals surface area contributed by atoms with Crippen molar-refractivity contribution in [1.29, 1.82) is 0 Å². The van der Waals surface area contributed by atoms with Gasteiger partial charge in [-0.1, -0.05) is 31.0 Å². The maximum atomic E-state index is 14.6. The number of aliphatic hydroxyl groups excluding tert-OH is 1. The normalized spacial score (nSPS) is 12.5. The van der Waals surface area contributed by atoms with Gasteiger partial charge < -0.3 is 15.4 Å². The molecule has 0 saturated heterocycles. The number of H-pyrrole nitrogens is 1. The molecule has 9 heteroatoms. The molecule has 3 N–H and O–H groups in total. The predicted molar refractivity (Wildman–Crippen MR) is 118 cm³/mol. The third-order valence-corrected chi connectivity index (χ3v) is 5.37. The van der Waals surface area contributed by atoms with E-state index in [9.17, 15) is 18.0 Å². The summed E-state index contributed by atoms with van der Waals surface area (Å²) in [6.45, 7) is 3.48. The molecule has 6 nitrogen and oxygen atoms in total. The molecule has 3 rings (SSSR count). The van der Waals surface area contributed by atoms with Crippen molar-refractivity contribution in [3.63, 3.8) is 0 Å². The Bertz CT molecular complexity index is 1130. The Morgan fingerprint density at radius 1 is 1.12 bits per heavy atom. The number of aromatic amines is 1. The van der Waals surface area contributed by atoms with Gasteiger partial charge >= 0.3 is 0 Å². The summed E-state index contributed by atoms with van der Waals surface area (Å²) in [7, 11) is 0. The molecule has 0 radical (unpaired) electrons. The zero-order valence-corrected chi connectivity index (χ0v) is 18.1. The van der Waals surface area contributed by atoms with E-state index in [0.717, 1.165) is 31.7 Å². The Labute approximate surface area is 183 Å². The fraction of sp³-hybridized carbons (Fsp3) is 0.435. The summed E-state index contributed by atoms with van der Waals surface area (Å²) in [5.41, 5.74) is 0.152. The first kappa shape index (κ1) is 23.7. The van der Waals surface area contributed by atoms with Crippen molar-refractivity contribution >= 4 is 16.9 Å². The predicted octanol–water partition coefficient (Wildman–Crippen LogP) is 4.97. The molecule has 0 saturated carbocycles. The number of hydrogen-bond acceptors (Lipinski definition) is 5. The average Bonchev–Trinajstić information content (AvgIpc) is 2.73. The van der Waals surface area contributed by atoms with Gasteiger partial charge in [-0.05, 0) is 39.2 Å². The fourth-order valence-electron chi connectivity index (χ4n) is 3.67. The van der Waals surface area contributed by atoms with E-state index in [-0.39, 0.29) is 17.7 Å². The second-order valence-corrected chi connectivity index (χ2v) is 7.81. The number of fused-ring (bicyclic) bond motifs is 1. The van der Waals surface area contributed by atoms with Gasteiger partial charge in [0.25, 0.3) is 12.0 Å². The number of rotatable bonds is 10. The van der Waals surface area contributed by atoms with E-state index < -0.39 is 23.8 Å². The summed E-state index contributed by atoms with van der Waals surface area (Å²) in [4.78, 5) is 23.9. The van der Waals surface area contributed by atoms with Crippen molar-refractivity contribution in [2.24, 2.45) is 0 Å². The minimum absolute atomic E-state index is 0.0979. The quantitative estimate of drug-likeness (QED) is 0.381. The molecule has 1 aromatic carbocycles. The maximum Gasteiger partial charge on any atom is 0.266 e. The molecule has 0 spiro atoms. The third kappa shape index (κ3) is 5.45. The third-order valence-electron chi connectivity index (χ3n) is 5.37. The lowest BCUT2D eigenvalue weighted by atomic mass is 10.0. The summed E-state index contributed by atoms with van der Waals surface area (Å²) in [6, 6.07) is 4.99. The minimum Gasteiger partial charge on any atom is -0.396 e. The molecule has 2 aromatic heterocycles. The Balaban J connectivity index is 1.91. The number of unbranched alkanes of at least 4 members (excludes halogenated alkanes) is 3. The van der Waals surface area contributed by atoms with Crippen LogP contribution in [0.15, 0.2) is 29.1 Å². The van der Waals surface area contributed by atoms with Gasteiger partial charge in [-0.25, -0.2) is 23.1 Å². The van der Waals surface area contributed by atoms with Crippen molar-refractivity contribution in [2.45, 2.75) is 58.4 Å².